The average Bonchev–Trinajstić information content (AvgIpc) is 3.71. The summed E-state index contributed by atoms with van der Waals surface area (Å²) in [7, 11) is 0. The first-order valence-corrected chi connectivity index (χ1v) is 18.8. The summed E-state index contributed by atoms with van der Waals surface area (Å²) in [6, 6.07) is 6.45. The monoisotopic (exact) mass is 728 g/mol. The third-order valence-corrected chi connectivity index (χ3v) is 12.1. The van der Waals surface area contributed by atoms with E-state index in [2.05, 4.69) is 27.4 Å². The highest BCUT2D eigenvalue weighted by atomic mass is 19.3. The molecule has 53 heavy (non-hydrogen) atoms. The Morgan fingerprint density at radius 1 is 1.00 bits per heavy atom. The molecule has 13 heteroatoms. The smallest absolute Gasteiger partial charge is 0.261 e. The maximum Gasteiger partial charge on any atom is 0.261 e. The molecule has 0 atom stereocenters. The molecule has 5 heterocycles. The molecule has 0 radical (unpaired) electrons. The van der Waals surface area contributed by atoms with Gasteiger partial charge in [-0.3, -0.25) is 19.5 Å². The zero-order chi connectivity index (χ0) is 37.6. The van der Waals surface area contributed by atoms with Crippen molar-refractivity contribution in [1.29, 1.82) is 0 Å². The van der Waals surface area contributed by atoms with Gasteiger partial charge in [0.25, 0.3) is 12.3 Å². The van der Waals surface area contributed by atoms with E-state index in [-0.39, 0.29) is 47.6 Å². The number of benzene rings is 1. The fraction of sp³-hybridized carbons (Fsp3) is 0.525. The predicted octanol–water partition coefficient (Wildman–Crippen LogP) is 7.82. The van der Waals surface area contributed by atoms with Crippen molar-refractivity contribution in [1.82, 2.24) is 29.7 Å². The lowest BCUT2D eigenvalue weighted by molar-refractivity contribution is -0.123. The van der Waals surface area contributed by atoms with Gasteiger partial charge in [0.2, 0.25) is 5.91 Å². The number of imidazole rings is 1. The molecule has 2 saturated carbocycles. The number of hydrogen-bond acceptors (Lipinski definition) is 7. The van der Waals surface area contributed by atoms with Gasteiger partial charge in [-0.2, -0.15) is 0 Å². The van der Waals surface area contributed by atoms with E-state index in [4.69, 9.17) is 9.97 Å². The summed E-state index contributed by atoms with van der Waals surface area (Å²) in [6.07, 6.45) is 6.60. The van der Waals surface area contributed by atoms with Crippen molar-refractivity contribution in [3.63, 3.8) is 0 Å². The highest BCUT2D eigenvalue weighted by Crippen LogP contribution is 2.50. The zero-order valence-electron chi connectivity index (χ0n) is 31.2. The summed E-state index contributed by atoms with van der Waals surface area (Å²) in [5.41, 5.74) is 2.07. The van der Waals surface area contributed by atoms with Crippen LogP contribution in [0.15, 0.2) is 36.8 Å². The SMILES string of the molecule is Cc1cc(F)c(Nc2nc(-c3cnc4c(c3)N(C3CC(C)(N5CCCCC5)C3)C(=O)C4(C)C)cc3ncn(C(C)C)c23)cc1C(=O)NC1(C(F)F)CC1. The number of nitrogens with zero attached hydrogens (tertiary/aromatic N) is 6. The topological polar surface area (TPSA) is 108 Å². The first kappa shape index (κ1) is 35.5. The fourth-order valence-electron chi connectivity index (χ4n) is 8.62. The predicted molar refractivity (Wildman–Crippen MR) is 198 cm³/mol. The van der Waals surface area contributed by atoms with E-state index in [1.807, 2.05) is 49.3 Å². The Kier molecular flexibility index (Phi) is 8.39. The van der Waals surface area contributed by atoms with Crippen molar-refractivity contribution in [2.24, 2.45) is 0 Å². The van der Waals surface area contributed by atoms with E-state index >= 15 is 4.39 Å². The molecule has 4 aromatic rings. The number of nitrogens with one attached hydrogen (secondary N) is 2. The van der Waals surface area contributed by atoms with Crippen molar-refractivity contribution in [2.45, 2.75) is 121 Å². The summed E-state index contributed by atoms with van der Waals surface area (Å²) in [4.78, 5) is 46.3. The maximum absolute atomic E-state index is 15.6. The van der Waals surface area contributed by atoms with Crippen molar-refractivity contribution < 1.29 is 22.8 Å². The molecule has 0 unspecified atom stereocenters. The summed E-state index contributed by atoms with van der Waals surface area (Å²) >= 11 is 0. The molecule has 1 saturated heterocycles. The Labute approximate surface area is 307 Å². The van der Waals surface area contributed by atoms with E-state index in [9.17, 15) is 18.4 Å². The number of carbonyl (C=O) groups is 2. The van der Waals surface area contributed by atoms with E-state index < -0.39 is 29.1 Å². The van der Waals surface area contributed by atoms with Gasteiger partial charge in [-0.25, -0.2) is 23.1 Å². The second-order valence-corrected chi connectivity index (χ2v) is 16.7. The van der Waals surface area contributed by atoms with Gasteiger partial charge in [-0.15, -0.1) is 0 Å². The second-order valence-electron chi connectivity index (χ2n) is 16.7. The lowest BCUT2D eigenvalue weighted by Crippen LogP contribution is -2.64. The number of aryl methyl sites for hydroxylation is 1. The Balaban J connectivity index is 1.16. The highest BCUT2D eigenvalue weighted by molar-refractivity contribution is 6.08. The number of pyridine rings is 2. The molecule has 2 amide bonds. The van der Waals surface area contributed by atoms with Gasteiger partial charge in [-0.1, -0.05) is 6.42 Å². The van der Waals surface area contributed by atoms with Crippen LogP contribution in [0.25, 0.3) is 22.3 Å². The molecule has 3 aromatic heterocycles. The number of fused-ring (bicyclic) bond motifs is 2. The largest absolute Gasteiger partial charge is 0.341 e. The quantitative estimate of drug-likeness (QED) is 0.181. The van der Waals surface area contributed by atoms with Crippen LogP contribution in [0.4, 0.5) is 30.4 Å². The van der Waals surface area contributed by atoms with Gasteiger partial charge in [0.05, 0.1) is 40.0 Å². The number of anilines is 3. The van der Waals surface area contributed by atoms with Gasteiger partial charge in [-0.05, 0) is 123 Å². The van der Waals surface area contributed by atoms with Crippen LogP contribution < -0.4 is 15.5 Å². The summed E-state index contributed by atoms with van der Waals surface area (Å²) in [5.74, 6) is -0.969. The number of likely N-dealkylation sites (tertiary alicyclic amines) is 1. The summed E-state index contributed by atoms with van der Waals surface area (Å²) in [6.45, 7) is 13.9. The van der Waals surface area contributed by atoms with E-state index in [1.165, 1.54) is 31.4 Å². The molecule has 0 bridgehead atoms. The van der Waals surface area contributed by atoms with Crippen LogP contribution in [0.1, 0.15) is 107 Å². The number of amides is 2. The maximum atomic E-state index is 15.6. The van der Waals surface area contributed by atoms with Crippen molar-refractivity contribution in [3.05, 3.63) is 59.4 Å². The number of piperidine rings is 1. The van der Waals surface area contributed by atoms with Crippen LogP contribution in [-0.2, 0) is 10.2 Å². The first-order valence-electron chi connectivity index (χ1n) is 18.8. The third kappa shape index (κ3) is 5.86. The fourth-order valence-corrected chi connectivity index (χ4v) is 8.62. The molecule has 0 spiro atoms. The normalized spacial score (nSPS) is 23.4. The van der Waals surface area contributed by atoms with Crippen molar-refractivity contribution in [2.75, 3.05) is 23.3 Å². The molecular weight excluding hydrogens is 681 g/mol. The van der Waals surface area contributed by atoms with Crippen molar-refractivity contribution >= 4 is 40.0 Å². The molecular formula is C40H47F3N8O2. The number of alkyl halides is 2. The van der Waals surface area contributed by atoms with E-state index in [1.54, 1.807) is 19.4 Å². The van der Waals surface area contributed by atoms with Crippen molar-refractivity contribution in [3.8, 4) is 11.3 Å². The van der Waals surface area contributed by atoms with Gasteiger partial charge in [0.1, 0.15) is 16.9 Å². The zero-order valence-corrected chi connectivity index (χ0v) is 31.2. The van der Waals surface area contributed by atoms with E-state index in [0.717, 1.165) is 37.3 Å². The van der Waals surface area contributed by atoms with Crippen LogP contribution in [0.3, 0.4) is 0 Å². The molecule has 10 nitrogen and oxygen atoms in total. The number of halogens is 3. The Hall–Kier alpha value is -4.52. The second kappa shape index (κ2) is 12.5. The molecule has 2 aliphatic carbocycles. The van der Waals surface area contributed by atoms with Gasteiger partial charge < -0.3 is 20.1 Å². The number of carbonyl (C=O) groups excluding carboxylic acids is 2. The lowest BCUT2D eigenvalue weighted by atomic mass is 9.71. The minimum Gasteiger partial charge on any atom is -0.341 e. The Morgan fingerprint density at radius 3 is 2.38 bits per heavy atom. The molecule has 2 aliphatic heterocycles. The van der Waals surface area contributed by atoms with Crippen LogP contribution in [0.5, 0.6) is 0 Å². The minimum absolute atomic E-state index is 0.0111. The van der Waals surface area contributed by atoms with Gasteiger partial charge in [0, 0.05) is 34.9 Å². The van der Waals surface area contributed by atoms with Crippen LogP contribution in [0, 0.1) is 12.7 Å². The molecule has 4 aliphatic rings. The van der Waals surface area contributed by atoms with E-state index in [0.29, 0.717) is 33.7 Å². The van der Waals surface area contributed by atoms with Crippen LogP contribution in [-0.4, -0.2) is 72.9 Å². The highest BCUT2D eigenvalue weighted by Gasteiger charge is 2.55. The first-order chi connectivity index (χ1) is 25.1. The Morgan fingerprint density at radius 2 is 1.72 bits per heavy atom. The lowest BCUT2D eigenvalue weighted by Gasteiger charge is -2.55. The standard InChI is InChI=1S/C40H47F3N8O2/c1-22(2)50-21-45-30-17-28(46-34(32(30)50)47-29-16-26(23(3)14-27(29)41)35(52)48-40(10-11-40)36(42)43)24-15-31-33(44-20-24)38(4,5)37(53)51(31)25-18-39(6,19-25)49-12-8-7-9-13-49/h14-17,20-22,25,36H,7-13,18-19H2,1-6H3,(H,46,47)(H,48,52). The summed E-state index contributed by atoms with van der Waals surface area (Å²) in [5, 5.41) is 5.60. The molecule has 3 fully saturated rings. The summed E-state index contributed by atoms with van der Waals surface area (Å²) < 4.78 is 44.9. The number of rotatable bonds is 9. The average molecular weight is 729 g/mol. The van der Waals surface area contributed by atoms with Gasteiger partial charge in [0.15, 0.2) is 5.82 Å². The van der Waals surface area contributed by atoms with Crippen LogP contribution >= 0.6 is 0 Å². The number of aromatic nitrogens is 4. The van der Waals surface area contributed by atoms with Crippen LogP contribution in [0.2, 0.25) is 0 Å². The molecule has 280 valence electrons. The molecule has 8 rings (SSSR count). The minimum atomic E-state index is -2.69. The number of hydrogen-bond donors (Lipinski definition) is 2. The molecule has 2 N–H and O–H groups in total. The third-order valence-electron chi connectivity index (χ3n) is 12.1. The Bertz CT molecular complexity index is 2130. The van der Waals surface area contributed by atoms with Gasteiger partial charge >= 0.3 is 0 Å². The molecule has 1 aromatic carbocycles.